The molecule has 0 saturated heterocycles. The molecule has 0 unspecified atom stereocenters. The van der Waals surface area contributed by atoms with E-state index in [2.05, 4.69) is 81.9 Å². The molecule has 0 fully saturated rings. The van der Waals surface area contributed by atoms with Crippen LogP contribution in [0.25, 0.3) is 33.5 Å². The Labute approximate surface area is 189 Å². The second-order valence-corrected chi connectivity index (χ2v) is 9.67. The molecule has 0 bridgehead atoms. The Morgan fingerprint density at radius 1 is 0.719 bits per heavy atom. The lowest BCUT2D eigenvalue weighted by Gasteiger charge is -2.12. The highest BCUT2D eigenvalue weighted by Gasteiger charge is 2.34. The summed E-state index contributed by atoms with van der Waals surface area (Å²) >= 11 is 0. The van der Waals surface area contributed by atoms with Crippen LogP contribution in [-0.4, -0.2) is 0 Å². The van der Waals surface area contributed by atoms with Crippen molar-refractivity contribution in [3.05, 3.63) is 99.0 Å². The molecule has 0 atom stereocenters. The molecule has 3 aromatic carbocycles. The average Bonchev–Trinajstić information content (AvgIpc) is 3.29. The molecule has 1 heterocycles. The van der Waals surface area contributed by atoms with Gasteiger partial charge in [0.2, 0.25) is 5.69 Å². The van der Waals surface area contributed by atoms with Crippen molar-refractivity contribution in [2.24, 2.45) is 7.05 Å². The molecule has 0 spiro atoms. The molecule has 158 valence electrons. The maximum atomic E-state index is 15.5. The first-order chi connectivity index (χ1) is 15.3. The number of hydrogen-bond acceptors (Lipinski definition) is 0. The van der Waals surface area contributed by atoms with Crippen LogP contribution in [0.1, 0.15) is 44.5 Å². The van der Waals surface area contributed by atoms with Crippen molar-refractivity contribution < 1.29 is 8.96 Å². The van der Waals surface area contributed by atoms with Gasteiger partial charge in [-0.1, -0.05) is 35.4 Å². The fourth-order valence-corrected chi connectivity index (χ4v) is 5.92. The number of pyridine rings is 1. The highest BCUT2D eigenvalue weighted by atomic mass is 19.1. The van der Waals surface area contributed by atoms with Crippen molar-refractivity contribution >= 4 is 0 Å². The molecule has 4 aromatic rings. The van der Waals surface area contributed by atoms with Gasteiger partial charge in [-0.3, -0.25) is 0 Å². The van der Waals surface area contributed by atoms with E-state index in [1.807, 2.05) is 0 Å². The summed E-state index contributed by atoms with van der Waals surface area (Å²) in [6.07, 6.45) is 3.81. The van der Waals surface area contributed by atoms with Gasteiger partial charge in [-0.25, -0.2) is 8.96 Å². The van der Waals surface area contributed by atoms with Gasteiger partial charge in [-0.05, 0) is 90.8 Å². The van der Waals surface area contributed by atoms with Crippen LogP contribution in [0.4, 0.5) is 4.39 Å². The Bertz CT molecular complexity index is 1480. The Morgan fingerprint density at radius 3 is 2.34 bits per heavy atom. The van der Waals surface area contributed by atoms with Crippen molar-refractivity contribution in [2.75, 3.05) is 0 Å². The number of nitrogens with zero attached hydrogens (tertiary/aromatic N) is 1. The molecule has 0 radical (unpaired) electrons. The van der Waals surface area contributed by atoms with E-state index in [4.69, 9.17) is 0 Å². The summed E-state index contributed by atoms with van der Waals surface area (Å²) in [6, 6.07) is 14.9. The van der Waals surface area contributed by atoms with Crippen LogP contribution in [0.3, 0.4) is 0 Å². The number of halogens is 1. The van der Waals surface area contributed by atoms with E-state index in [1.54, 1.807) is 6.07 Å². The molecule has 0 aliphatic heterocycles. The molecular formula is C30H27FN+. The lowest BCUT2D eigenvalue weighted by Crippen LogP contribution is -2.32. The Morgan fingerprint density at radius 2 is 1.53 bits per heavy atom. The molecule has 1 nitrogen and oxygen atoms in total. The summed E-state index contributed by atoms with van der Waals surface area (Å²) in [5.74, 6) is -0.0911. The SMILES string of the molecule is Cc1ccc2c(c1)Cc1c3c(cc(F)c1-2)-c1cc[n+](C)c(-c2cc(C)cc(C)c2C)c1C3. The van der Waals surface area contributed by atoms with E-state index in [0.717, 1.165) is 29.5 Å². The van der Waals surface area contributed by atoms with Gasteiger partial charge in [-0.2, -0.15) is 0 Å². The quantitative estimate of drug-likeness (QED) is 0.261. The molecule has 1 aromatic heterocycles. The van der Waals surface area contributed by atoms with E-state index >= 15 is 4.39 Å². The highest BCUT2D eigenvalue weighted by Crippen LogP contribution is 2.49. The minimum Gasteiger partial charge on any atom is -0.206 e. The van der Waals surface area contributed by atoms with Gasteiger partial charge in [0.1, 0.15) is 12.9 Å². The van der Waals surface area contributed by atoms with Gasteiger partial charge in [0.05, 0.1) is 0 Å². The lowest BCUT2D eigenvalue weighted by atomic mass is 9.93. The maximum Gasteiger partial charge on any atom is 0.216 e. The number of fused-ring (bicyclic) bond motifs is 7. The normalized spacial score (nSPS) is 13.1. The largest absolute Gasteiger partial charge is 0.216 e. The summed E-state index contributed by atoms with van der Waals surface area (Å²) in [7, 11) is 2.12. The third-order valence-electron chi connectivity index (χ3n) is 7.54. The number of aromatic nitrogens is 1. The standard InChI is InChI=1S/C30H27FN/c1-16-6-7-21-20(11-16)13-26-24-14-27-22(25(24)15-28(31)29(21)26)8-9-32(5)30(27)23-12-17(2)10-18(3)19(23)4/h6-12,15H,13-14H2,1-5H3/q+1. The van der Waals surface area contributed by atoms with Gasteiger partial charge in [-0.15, -0.1) is 0 Å². The van der Waals surface area contributed by atoms with Crippen molar-refractivity contribution in [3.8, 4) is 33.5 Å². The van der Waals surface area contributed by atoms with Gasteiger partial charge in [0.25, 0.3) is 0 Å². The van der Waals surface area contributed by atoms with Gasteiger partial charge < -0.3 is 0 Å². The number of rotatable bonds is 1. The van der Waals surface area contributed by atoms with Crippen LogP contribution in [0, 0.1) is 33.5 Å². The molecule has 6 rings (SSSR count). The van der Waals surface area contributed by atoms with Crippen molar-refractivity contribution in [1.29, 1.82) is 0 Å². The molecule has 32 heavy (non-hydrogen) atoms. The average molecular weight is 421 g/mol. The van der Waals surface area contributed by atoms with Crippen LogP contribution >= 0.6 is 0 Å². The third-order valence-corrected chi connectivity index (χ3v) is 7.54. The first-order valence-corrected chi connectivity index (χ1v) is 11.4. The second kappa shape index (κ2) is 6.62. The Hall–Kier alpha value is -3.26. The van der Waals surface area contributed by atoms with Crippen LogP contribution in [0.5, 0.6) is 0 Å². The molecule has 2 heteroatoms. The first kappa shape index (κ1) is 19.4. The van der Waals surface area contributed by atoms with E-state index < -0.39 is 0 Å². The van der Waals surface area contributed by atoms with Crippen molar-refractivity contribution in [2.45, 2.75) is 40.5 Å². The first-order valence-electron chi connectivity index (χ1n) is 11.4. The minimum absolute atomic E-state index is 0.0911. The summed E-state index contributed by atoms with van der Waals surface area (Å²) in [4.78, 5) is 0. The highest BCUT2D eigenvalue weighted by molar-refractivity contribution is 5.89. The monoisotopic (exact) mass is 420 g/mol. The van der Waals surface area contributed by atoms with E-state index in [1.165, 1.54) is 61.3 Å². The zero-order valence-electron chi connectivity index (χ0n) is 19.4. The minimum atomic E-state index is -0.0911. The van der Waals surface area contributed by atoms with Crippen LogP contribution in [0.2, 0.25) is 0 Å². The van der Waals surface area contributed by atoms with Gasteiger partial charge >= 0.3 is 0 Å². The molecule has 2 aliphatic rings. The van der Waals surface area contributed by atoms with Crippen LogP contribution in [0.15, 0.2) is 48.7 Å². The summed E-state index contributed by atoms with van der Waals surface area (Å²) < 4.78 is 17.7. The summed E-state index contributed by atoms with van der Waals surface area (Å²) in [5, 5.41) is 0. The fraction of sp³-hybridized carbons (Fsp3) is 0.233. The summed E-state index contributed by atoms with van der Waals surface area (Å²) in [5.41, 5.74) is 16.9. The maximum absolute atomic E-state index is 15.5. The fourth-order valence-electron chi connectivity index (χ4n) is 5.92. The Kier molecular flexibility index (Phi) is 4.02. The zero-order chi connectivity index (χ0) is 22.3. The van der Waals surface area contributed by atoms with Crippen LogP contribution in [-0.2, 0) is 19.9 Å². The number of benzene rings is 3. The van der Waals surface area contributed by atoms with Crippen molar-refractivity contribution in [3.63, 3.8) is 0 Å². The smallest absolute Gasteiger partial charge is 0.206 e. The predicted molar refractivity (Wildman–Crippen MR) is 128 cm³/mol. The van der Waals surface area contributed by atoms with E-state index in [-0.39, 0.29) is 5.82 Å². The van der Waals surface area contributed by atoms with Crippen molar-refractivity contribution in [1.82, 2.24) is 0 Å². The number of hydrogen-bond donors (Lipinski definition) is 0. The Balaban J connectivity index is 1.59. The summed E-state index contributed by atoms with van der Waals surface area (Å²) in [6.45, 7) is 8.67. The van der Waals surface area contributed by atoms with Gasteiger partial charge in [0, 0.05) is 29.2 Å². The van der Waals surface area contributed by atoms with E-state index in [9.17, 15) is 0 Å². The third kappa shape index (κ3) is 2.59. The molecule has 0 amide bonds. The lowest BCUT2D eigenvalue weighted by molar-refractivity contribution is -0.660. The molecule has 0 N–H and O–H groups in total. The molecule has 0 saturated carbocycles. The predicted octanol–water partition coefficient (Wildman–Crippen LogP) is 6.69. The topological polar surface area (TPSA) is 3.88 Å². The van der Waals surface area contributed by atoms with Crippen LogP contribution < -0.4 is 4.57 Å². The second-order valence-electron chi connectivity index (χ2n) is 9.67. The number of aryl methyl sites for hydroxylation is 4. The molecular weight excluding hydrogens is 393 g/mol. The van der Waals surface area contributed by atoms with Gasteiger partial charge in [0.15, 0.2) is 6.20 Å². The van der Waals surface area contributed by atoms with E-state index in [0.29, 0.717) is 0 Å². The zero-order valence-corrected chi connectivity index (χ0v) is 19.4. The molecule has 2 aliphatic carbocycles.